The Kier molecular flexibility index (Phi) is 5.07. The van der Waals surface area contributed by atoms with E-state index >= 15 is 0 Å². The van der Waals surface area contributed by atoms with Crippen molar-refractivity contribution in [1.82, 2.24) is 5.32 Å². The van der Waals surface area contributed by atoms with E-state index in [4.69, 9.17) is 9.47 Å². The fourth-order valence-electron chi connectivity index (χ4n) is 1.92. The number of rotatable bonds is 9. The number of hydrogen-bond donors (Lipinski definition) is 2. The van der Waals surface area contributed by atoms with E-state index in [9.17, 15) is 9.90 Å². The summed E-state index contributed by atoms with van der Waals surface area (Å²) in [6.07, 6.45) is 3.03. The van der Waals surface area contributed by atoms with Gasteiger partial charge in [0.05, 0.1) is 6.61 Å². The number of aliphatic carboxylic acids is 1. The number of carboxylic acid groups (broad SMARTS) is 1. The smallest absolute Gasteiger partial charge is 0.327 e. The Bertz CT molecular complexity index is 470. The molecule has 1 aromatic carbocycles. The number of nitrogens with one attached hydrogen (secondary N) is 1. The largest absolute Gasteiger partial charge is 0.494 e. The predicted molar refractivity (Wildman–Crippen MR) is 79.9 cm³/mol. The molecule has 5 nitrogen and oxygen atoms in total. The zero-order valence-electron chi connectivity index (χ0n) is 12.6. The third-order valence-electron chi connectivity index (χ3n) is 3.40. The molecule has 116 valence electrons. The van der Waals surface area contributed by atoms with Gasteiger partial charge >= 0.3 is 5.97 Å². The van der Waals surface area contributed by atoms with Crippen LogP contribution in [0, 0.1) is 0 Å². The minimum absolute atomic E-state index is 0.0913. The number of carboxylic acids is 1. The van der Waals surface area contributed by atoms with Crippen molar-refractivity contribution >= 4 is 5.97 Å². The molecule has 0 radical (unpaired) electrons. The van der Waals surface area contributed by atoms with Crippen molar-refractivity contribution in [3.05, 3.63) is 24.3 Å². The van der Waals surface area contributed by atoms with Gasteiger partial charge in [-0.05, 0) is 50.5 Å². The van der Waals surface area contributed by atoms with Crippen LogP contribution in [0.25, 0.3) is 0 Å². The van der Waals surface area contributed by atoms with Crippen molar-refractivity contribution in [1.29, 1.82) is 0 Å². The van der Waals surface area contributed by atoms with Crippen LogP contribution in [-0.4, -0.2) is 35.9 Å². The molecule has 0 amide bonds. The molecule has 1 aliphatic carbocycles. The van der Waals surface area contributed by atoms with Crippen molar-refractivity contribution in [3.63, 3.8) is 0 Å². The van der Waals surface area contributed by atoms with Crippen molar-refractivity contribution in [2.75, 3.05) is 13.2 Å². The second-order valence-electron chi connectivity index (χ2n) is 5.66. The van der Waals surface area contributed by atoms with Gasteiger partial charge in [0.15, 0.2) is 0 Å². The zero-order valence-corrected chi connectivity index (χ0v) is 12.6. The van der Waals surface area contributed by atoms with Crippen LogP contribution >= 0.6 is 0 Å². The summed E-state index contributed by atoms with van der Waals surface area (Å²) in [7, 11) is 0. The topological polar surface area (TPSA) is 67.8 Å². The molecule has 1 unspecified atom stereocenters. The lowest BCUT2D eigenvalue weighted by Crippen LogP contribution is -2.54. The van der Waals surface area contributed by atoms with Crippen molar-refractivity contribution in [3.8, 4) is 11.5 Å². The van der Waals surface area contributed by atoms with Gasteiger partial charge in [-0.15, -0.1) is 0 Å². The highest BCUT2D eigenvalue weighted by Crippen LogP contribution is 2.24. The number of hydrogen-bond acceptors (Lipinski definition) is 4. The molecule has 2 rings (SSSR count). The summed E-state index contributed by atoms with van der Waals surface area (Å²) >= 11 is 0. The molecule has 0 bridgehead atoms. The van der Waals surface area contributed by atoms with Crippen LogP contribution in [-0.2, 0) is 4.79 Å². The maximum atomic E-state index is 11.4. The van der Waals surface area contributed by atoms with Gasteiger partial charge in [0.25, 0.3) is 0 Å². The quantitative estimate of drug-likeness (QED) is 0.732. The minimum atomic E-state index is -1.06. The zero-order chi connectivity index (χ0) is 15.3. The molecule has 0 spiro atoms. The third kappa shape index (κ3) is 4.63. The molecule has 2 N–H and O–H groups in total. The standard InChI is InChI=1S/C16H23NO4/c1-3-10-20-13-6-8-14(9-7-13)21-11-16(2,15(18)19)17-12-4-5-12/h6-9,12,17H,3-5,10-11H2,1-2H3,(H,18,19). The lowest BCUT2D eigenvalue weighted by Gasteiger charge is -2.26. The molecule has 1 atom stereocenters. The molecule has 0 heterocycles. The molecule has 1 aromatic rings. The molecule has 0 aromatic heterocycles. The van der Waals surface area contributed by atoms with E-state index in [0.29, 0.717) is 18.4 Å². The minimum Gasteiger partial charge on any atom is -0.494 e. The average molecular weight is 293 g/mol. The van der Waals surface area contributed by atoms with Crippen LogP contribution in [0.2, 0.25) is 0 Å². The highest BCUT2D eigenvalue weighted by Gasteiger charge is 2.39. The highest BCUT2D eigenvalue weighted by molar-refractivity contribution is 5.78. The summed E-state index contributed by atoms with van der Waals surface area (Å²) in [5.41, 5.74) is -1.06. The number of benzene rings is 1. The highest BCUT2D eigenvalue weighted by atomic mass is 16.5. The fraction of sp³-hybridized carbons (Fsp3) is 0.562. The van der Waals surface area contributed by atoms with Gasteiger partial charge in [-0.3, -0.25) is 10.1 Å². The van der Waals surface area contributed by atoms with Gasteiger partial charge in [-0.1, -0.05) is 6.92 Å². The van der Waals surface area contributed by atoms with Crippen molar-refractivity contribution < 1.29 is 19.4 Å². The van der Waals surface area contributed by atoms with E-state index in [-0.39, 0.29) is 6.61 Å². The van der Waals surface area contributed by atoms with Crippen LogP contribution in [0.5, 0.6) is 11.5 Å². The molecular formula is C16H23NO4. The summed E-state index contributed by atoms with van der Waals surface area (Å²) in [5, 5.41) is 12.5. The van der Waals surface area contributed by atoms with Gasteiger partial charge in [0, 0.05) is 6.04 Å². The lowest BCUT2D eigenvalue weighted by molar-refractivity contribution is -0.145. The SMILES string of the molecule is CCCOc1ccc(OCC(C)(NC2CC2)C(=O)O)cc1. The molecule has 0 saturated heterocycles. The first kappa shape index (κ1) is 15.6. The normalized spacial score (nSPS) is 17.0. The van der Waals surface area contributed by atoms with E-state index in [2.05, 4.69) is 12.2 Å². The van der Waals surface area contributed by atoms with E-state index in [0.717, 1.165) is 25.0 Å². The third-order valence-corrected chi connectivity index (χ3v) is 3.40. The molecule has 1 aliphatic rings. The van der Waals surface area contributed by atoms with E-state index in [1.807, 2.05) is 12.1 Å². The maximum absolute atomic E-state index is 11.4. The lowest BCUT2D eigenvalue weighted by atomic mass is 10.0. The monoisotopic (exact) mass is 293 g/mol. The Hall–Kier alpha value is -1.75. The number of ether oxygens (including phenoxy) is 2. The Morgan fingerprint density at radius 2 is 1.86 bits per heavy atom. The summed E-state index contributed by atoms with van der Waals surface area (Å²) in [4.78, 5) is 11.4. The Morgan fingerprint density at radius 1 is 1.29 bits per heavy atom. The van der Waals surface area contributed by atoms with Crippen molar-refractivity contribution in [2.45, 2.75) is 44.7 Å². The first-order chi connectivity index (χ1) is 10.0. The molecule has 5 heteroatoms. The molecule has 21 heavy (non-hydrogen) atoms. The van der Waals surface area contributed by atoms with Gasteiger partial charge < -0.3 is 14.6 Å². The second-order valence-corrected chi connectivity index (χ2v) is 5.66. The molecule has 1 fully saturated rings. The summed E-state index contributed by atoms with van der Waals surface area (Å²) in [5.74, 6) is 0.544. The van der Waals surface area contributed by atoms with E-state index in [1.54, 1.807) is 19.1 Å². The maximum Gasteiger partial charge on any atom is 0.327 e. The van der Waals surface area contributed by atoms with Gasteiger partial charge in [0.2, 0.25) is 0 Å². The summed E-state index contributed by atoms with van der Waals surface area (Å²) in [6.45, 7) is 4.49. The van der Waals surface area contributed by atoms with Gasteiger partial charge in [0.1, 0.15) is 23.6 Å². The Balaban J connectivity index is 1.89. The fourth-order valence-corrected chi connectivity index (χ4v) is 1.92. The Labute approximate surface area is 125 Å². The number of carbonyl (C=O) groups is 1. The van der Waals surface area contributed by atoms with E-state index in [1.165, 1.54) is 0 Å². The van der Waals surface area contributed by atoms with Crippen LogP contribution in [0.15, 0.2) is 24.3 Å². The van der Waals surface area contributed by atoms with Crippen LogP contribution in [0.1, 0.15) is 33.1 Å². The van der Waals surface area contributed by atoms with Crippen LogP contribution in [0.3, 0.4) is 0 Å². The van der Waals surface area contributed by atoms with Crippen LogP contribution in [0.4, 0.5) is 0 Å². The predicted octanol–water partition coefficient (Wildman–Crippen LogP) is 2.45. The summed E-state index contributed by atoms with van der Waals surface area (Å²) < 4.78 is 11.1. The first-order valence-electron chi connectivity index (χ1n) is 7.40. The molecule has 1 saturated carbocycles. The van der Waals surface area contributed by atoms with Crippen molar-refractivity contribution in [2.24, 2.45) is 0 Å². The summed E-state index contributed by atoms with van der Waals surface area (Å²) in [6, 6.07) is 7.56. The van der Waals surface area contributed by atoms with Gasteiger partial charge in [-0.2, -0.15) is 0 Å². The van der Waals surface area contributed by atoms with E-state index < -0.39 is 11.5 Å². The Morgan fingerprint density at radius 3 is 2.33 bits per heavy atom. The van der Waals surface area contributed by atoms with Gasteiger partial charge in [-0.25, -0.2) is 0 Å². The van der Waals surface area contributed by atoms with Crippen LogP contribution < -0.4 is 14.8 Å². The molecule has 0 aliphatic heterocycles. The first-order valence-corrected chi connectivity index (χ1v) is 7.40. The molecular weight excluding hydrogens is 270 g/mol. The average Bonchev–Trinajstić information content (AvgIpc) is 3.27. The second kappa shape index (κ2) is 6.80.